The largest absolute Gasteiger partial charge is 0.461 e. The molecule has 1 rings (SSSR count). The Morgan fingerprint density at radius 3 is 1.96 bits per heavy atom. The van der Waals surface area contributed by atoms with E-state index in [4.69, 9.17) is 0 Å². The first-order valence-electron chi connectivity index (χ1n) is 6.86. The van der Waals surface area contributed by atoms with E-state index >= 15 is 0 Å². The normalized spacial score (nSPS) is 20.0. The molecule has 1 heterocycles. The van der Waals surface area contributed by atoms with Crippen molar-refractivity contribution in [1.82, 2.24) is 0 Å². The minimum atomic E-state index is -5.62. The summed E-state index contributed by atoms with van der Waals surface area (Å²) in [5.74, 6) is -14.5. The van der Waals surface area contributed by atoms with Crippen molar-refractivity contribution in [2.45, 2.75) is 43.7 Å². The van der Waals surface area contributed by atoms with Gasteiger partial charge in [-0.3, -0.25) is 0 Å². The topological polar surface area (TPSA) is 60.4 Å². The van der Waals surface area contributed by atoms with Gasteiger partial charge in [-0.05, 0) is 25.2 Å². The van der Waals surface area contributed by atoms with Crippen LogP contribution in [0.4, 0.5) is 30.7 Å². The van der Waals surface area contributed by atoms with Gasteiger partial charge in [-0.2, -0.15) is 30.7 Å². The van der Waals surface area contributed by atoms with E-state index in [-0.39, 0.29) is 36.7 Å². The van der Waals surface area contributed by atoms with Gasteiger partial charge in [0.25, 0.3) is 0 Å². The zero-order valence-electron chi connectivity index (χ0n) is 12.2. The summed E-state index contributed by atoms with van der Waals surface area (Å²) in [4.78, 5) is 11.0. The van der Waals surface area contributed by atoms with E-state index in [2.05, 4.69) is 4.74 Å². The van der Waals surface area contributed by atoms with Crippen molar-refractivity contribution in [2.24, 2.45) is 5.92 Å². The van der Waals surface area contributed by atoms with Gasteiger partial charge in [0, 0.05) is 0 Å². The highest BCUT2D eigenvalue weighted by Crippen LogP contribution is 2.43. The van der Waals surface area contributed by atoms with Crippen LogP contribution in [-0.4, -0.2) is 50.5 Å². The van der Waals surface area contributed by atoms with Gasteiger partial charge in [-0.1, -0.05) is 0 Å². The number of carbonyl (C=O) groups is 1. The van der Waals surface area contributed by atoms with E-state index in [0.29, 0.717) is 0 Å². The van der Waals surface area contributed by atoms with Gasteiger partial charge in [-0.25, -0.2) is 13.2 Å². The van der Waals surface area contributed by atoms with Gasteiger partial charge in [0.1, 0.15) is 16.3 Å². The van der Waals surface area contributed by atoms with Crippen molar-refractivity contribution in [3.8, 4) is 0 Å². The second-order valence-corrected chi connectivity index (χ2v) is 7.89. The average Bonchev–Trinajstić information content (AvgIpc) is 2.37. The van der Waals surface area contributed by atoms with E-state index in [1.54, 1.807) is 0 Å². The Hall–Kier alpha value is -1.07. The van der Waals surface area contributed by atoms with Crippen molar-refractivity contribution in [2.75, 3.05) is 18.1 Å². The molecular formula is C12H15F7O4S. The Kier molecular flexibility index (Phi) is 6.16. The van der Waals surface area contributed by atoms with E-state index in [1.165, 1.54) is 0 Å². The molecule has 0 bridgehead atoms. The maximum Gasteiger partial charge on any atom is 0.404 e. The Labute approximate surface area is 133 Å². The lowest BCUT2D eigenvalue weighted by Crippen LogP contribution is -2.50. The van der Waals surface area contributed by atoms with Gasteiger partial charge in [0.2, 0.25) is 0 Å². The van der Waals surface area contributed by atoms with Crippen LogP contribution in [0.1, 0.15) is 25.7 Å². The number of sulfone groups is 1. The first-order valence-corrected chi connectivity index (χ1v) is 8.68. The van der Waals surface area contributed by atoms with Gasteiger partial charge in [0.15, 0.2) is 0 Å². The lowest BCUT2D eigenvalue weighted by molar-refractivity contribution is -0.265. The van der Waals surface area contributed by atoms with E-state index in [0.717, 1.165) is 0 Å². The maximum atomic E-state index is 13.2. The molecule has 1 fully saturated rings. The minimum absolute atomic E-state index is 0.0395. The predicted octanol–water partition coefficient (Wildman–Crippen LogP) is 2.97. The molecule has 0 aromatic heterocycles. The van der Waals surface area contributed by atoms with Crippen molar-refractivity contribution >= 4 is 15.8 Å². The molecule has 0 radical (unpaired) electrons. The highest BCUT2D eigenvalue weighted by Gasteiger charge is 2.66. The number of ether oxygens (including phenoxy) is 1. The van der Waals surface area contributed by atoms with Crippen LogP contribution in [0.15, 0.2) is 0 Å². The summed E-state index contributed by atoms with van der Waals surface area (Å²) in [5, 5.41) is 0. The van der Waals surface area contributed by atoms with Crippen LogP contribution >= 0.6 is 0 Å². The van der Waals surface area contributed by atoms with Gasteiger partial charge >= 0.3 is 24.0 Å². The molecule has 0 spiro atoms. The van der Waals surface area contributed by atoms with Crippen LogP contribution in [0, 0.1) is 5.92 Å². The van der Waals surface area contributed by atoms with Crippen LogP contribution in [0.5, 0.6) is 0 Å². The van der Waals surface area contributed by atoms with Crippen LogP contribution in [0.25, 0.3) is 0 Å². The lowest BCUT2D eigenvalue weighted by atomic mass is 9.99. The van der Waals surface area contributed by atoms with Crippen LogP contribution in [0.3, 0.4) is 0 Å². The van der Waals surface area contributed by atoms with Gasteiger partial charge in [0.05, 0.1) is 18.1 Å². The maximum absolute atomic E-state index is 13.2. The fourth-order valence-electron chi connectivity index (χ4n) is 2.15. The SMILES string of the molecule is O=C(OCCC1CCS(=O)(=O)CC1)C(F)(F)C(F)(F)CC(F)(F)F. The zero-order valence-corrected chi connectivity index (χ0v) is 13.0. The third-order valence-corrected chi connectivity index (χ3v) is 5.29. The molecular weight excluding hydrogens is 373 g/mol. The summed E-state index contributed by atoms with van der Waals surface area (Å²) in [6.07, 6.45) is -8.35. The quantitative estimate of drug-likeness (QED) is 0.519. The lowest BCUT2D eigenvalue weighted by Gasteiger charge is -2.26. The molecule has 1 saturated heterocycles. The summed E-state index contributed by atoms with van der Waals surface area (Å²) in [6.45, 7) is -0.707. The van der Waals surface area contributed by atoms with Crippen molar-refractivity contribution in [3.63, 3.8) is 0 Å². The number of halogens is 7. The molecule has 1 aliphatic rings. The fourth-order valence-corrected chi connectivity index (χ4v) is 3.74. The standard InChI is InChI=1S/C12H15F7O4S/c13-10(14,7-11(15,16)17)12(18,19)9(20)23-4-1-8-2-5-24(21,22)6-3-8/h8H,1-7H2. The highest BCUT2D eigenvalue weighted by atomic mass is 32.2. The highest BCUT2D eigenvalue weighted by molar-refractivity contribution is 7.91. The molecule has 4 nitrogen and oxygen atoms in total. The Bertz CT molecular complexity index is 542. The monoisotopic (exact) mass is 388 g/mol. The molecule has 0 aromatic carbocycles. The van der Waals surface area contributed by atoms with Gasteiger partial charge < -0.3 is 4.74 Å². The van der Waals surface area contributed by atoms with E-state index in [1.807, 2.05) is 0 Å². The smallest absolute Gasteiger partial charge is 0.404 e. The molecule has 0 atom stereocenters. The van der Waals surface area contributed by atoms with Crippen molar-refractivity contribution in [1.29, 1.82) is 0 Å². The fraction of sp³-hybridized carbons (Fsp3) is 0.917. The molecule has 0 saturated carbocycles. The van der Waals surface area contributed by atoms with Crippen LogP contribution in [-0.2, 0) is 19.4 Å². The minimum Gasteiger partial charge on any atom is -0.461 e. The Balaban J connectivity index is 2.51. The first-order chi connectivity index (χ1) is 10.7. The number of hydrogen-bond donors (Lipinski definition) is 0. The number of rotatable bonds is 6. The summed E-state index contributed by atoms with van der Waals surface area (Å²) >= 11 is 0. The third-order valence-electron chi connectivity index (χ3n) is 3.57. The third kappa shape index (κ3) is 5.78. The summed E-state index contributed by atoms with van der Waals surface area (Å²) in [5.41, 5.74) is 0. The predicted molar refractivity (Wildman–Crippen MR) is 67.5 cm³/mol. The molecule has 0 aromatic rings. The van der Waals surface area contributed by atoms with E-state index in [9.17, 15) is 43.9 Å². The number of esters is 1. The first kappa shape index (κ1) is 21.0. The number of hydrogen-bond acceptors (Lipinski definition) is 4. The second-order valence-electron chi connectivity index (χ2n) is 5.59. The van der Waals surface area contributed by atoms with Crippen LogP contribution < -0.4 is 0 Å². The molecule has 1 aliphatic heterocycles. The molecule has 12 heteroatoms. The zero-order chi connectivity index (χ0) is 18.8. The van der Waals surface area contributed by atoms with Crippen LogP contribution in [0.2, 0.25) is 0 Å². The molecule has 24 heavy (non-hydrogen) atoms. The number of alkyl halides is 7. The molecule has 142 valence electrons. The van der Waals surface area contributed by atoms with E-state index < -0.39 is 46.9 Å². The second kappa shape index (κ2) is 7.04. The van der Waals surface area contributed by atoms with Crippen molar-refractivity contribution < 1.29 is 48.7 Å². The summed E-state index contributed by atoms with van der Waals surface area (Å²) < 4.78 is 114. The molecule has 0 aliphatic carbocycles. The average molecular weight is 388 g/mol. The molecule has 0 N–H and O–H groups in total. The Morgan fingerprint density at radius 2 is 1.50 bits per heavy atom. The summed E-state index contributed by atoms with van der Waals surface area (Å²) in [7, 11) is -3.15. The van der Waals surface area contributed by atoms with Crippen molar-refractivity contribution in [3.05, 3.63) is 0 Å². The van der Waals surface area contributed by atoms with Gasteiger partial charge in [-0.15, -0.1) is 0 Å². The number of carbonyl (C=O) groups excluding carboxylic acids is 1. The molecule has 0 amide bonds. The molecule has 0 unspecified atom stereocenters. The summed E-state index contributed by atoms with van der Waals surface area (Å²) in [6, 6.07) is 0. The Morgan fingerprint density at radius 1 is 1.00 bits per heavy atom.